The van der Waals surface area contributed by atoms with Gasteiger partial charge in [-0.25, -0.2) is 0 Å². The molecule has 1 fully saturated rings. The number of ether oxygens (including phenoxy) is 1. The first kappa shape index (κ1) is 8.89. The second-order valence-electron chi connectivity index (χ2n) is 2.61. The lowest BCUT2D eigenvalue weighted by Gasteiger charge is -2.33. The molecule has 0 saturated carbocycles. The third-order valence-corrected chi connectivity index (χ3v) is 1.73. The van der Waals surface area contributed by atoms with Gasteiger partial charge in [0.2, 0.25) is 0 Å². The van der Waals surface area contributed by atoms with Crippen LogP contribution in [0.15, 0.2) is 0 Å². The summed E-state index contributed by atoms with van der Waals surface area (Å²) in [6, 6.07) is 0. The summed E-state index contributed by atoms with van der Waals surface area (Å²) in [5, 5.41) is 35.6. The maximum Gasteiger partial charge on any atom is 0.157 e. The number of aliphatic hydroxyl groups is 4. The Morgan fingerprint density at radius 1 is 1.27 bits per heavy atom. The molecule has 0 bridgehead atoms. The van der Waals surface area contributed by atoms with Crippen LogP contribution in [0.5, 0.6) is 0 Å². The van der Waals surface area contributed by atoms with Crippen molar-refractivity contribution < 1.29 is 25.2 Å². The summed E-state index contributed by atoms with van der Waals surface area (Å²) in [6.45, 7) is -0.407. The van der Waals surface area contributed by atoms with E-state index in [2.05, 4.69) is 0 Å². The van der Waals surface area contributed by atoms with Gasteiger partial charge in [0.15, 0.2) is 6.29 Å². The van der Waals surface area contributed by atoms with Gasteiger partial charge in [-0.1, -0.05) is 0 Å². The highest BCUT2D eigenvalue weighted by Gasteiger charge is 2.35. The summed E-state index contributed by atoms with van der Waals surface area (Å²) in [4.78, 5) is 0. The molecule has 5 heteroatoms. The second kappa shape index (κ2) is 3.46. The Morgan fingerprint density at radius 2 is 1.91 bits per heavy atom. The van der Waals surface area contributed by atoms with Crippen LogP contribution in [0.2, 0.25) is 0 Å². The molecule has 1 rings (SSSR count). The molecule has 0 aliphatic carbocycles. The highest BCUT2D eigenvalue weighted by molar-refractivity contribution is 4.81. The fourth-order valence-electron chi connectivity index (χ4n) is 1.08. The molecule has 4 N–H and O–H groups in total. The van der Waals surface area contributed by atoms with E-state index in [4.69, 9.17) is 25.2 Å². The Morgan fingerprint density at radius 3 is 2.45 bits per heavy atom. The molecule has 0 aromatic heterocycles. The monoisotopic (exact) mass is 164 g/mol. The van der Waals surface area contributed by atoms with Crippen molar-refractivity contribution in [1.29, 1.82) is 0 Å². The summed E-state index contributed by atoms with van der Waals surface area (Å²) in [5.74, 6) is 0. The minimum absolute atomic E-state index is 0.0162. The fraction of sp³-hybridized carbons (Fsp3) is 1.00. The molecule has 1 aliphatic rings. The van der Waals surface area contributed by atoms with Crippen LogP contribution in [0.3, 0.4) is 0 Å². The molecule has 1 saturated heterocycles. The van der Waals surface area contributed by atoms with Gasteiger partial charge in [-0.15, -0.1) is 0 Å². The molecule has 0 unspecified atom stereocenters. The van der Waals surface area contributed by atoms with E-state index in [0.717, 1.165) is 0 Å². The highest BCUT2D eigenvalue weighted by atomic mass is 16.6. The molecule has 11 heavy (non-hydrogen) atoms. The Bertz CT molecular complexity index is 128. The van der Waals surface area contributed by atoms with Crippen LogP contribution in [0, 0.1) is 0 Å². The van der Waals surface area contributed by atoms with Crippen LogP contribution in [0.4, 0.5) is 0 Å². The van der Waals surface area contributed by atoms with Gasteiger partial charge in [0.1, 0.15) is 12.2 Å². The van der Waals surface area contributed by atoms with Crippen molar-refractivity contribution in [3.8, 4) is 0 Å². The van der Waals surface area contributed by atoms with Gasteiger partial charge in [-0.3, -0.25) is 0 Å². The second-order valence-corrected chi connectivity index (χ2v) is 2.61. The van der Waals surface area contributed by atoms with Crippen LogP contribution in [0.1, 0.15) is 6.42 Å². The van der Waals surface area contributed by atoms with Crippen LogP contribution in [0.25, 0.3) is 0 Å². The predicted octanol–water partition coefficient (Wildman–Crippen LogP) is -2.19. The van der Waals surface area contributed by atoms with Crippen molar-refractivity contribution in [1.82, 2.24) is 0 Å². The third-order valence-electron chi connectivity index (χ3n) is 1.73. The van der Waals surface area contributed by atoms with Gasteiger partial charge in [0, 0.05) is 6.42 Å². The largest absolute Gasteiger partial charge is 0.394 e. The van der Waals surface area contributed by atoms with E-state index in [1.54, 1.807) is 0 Å². The highest BCUT2D eigenvalue weighted by Crippen LogP contribution is 2.18. The maximum absolute atomic E-state index is 9.11. The fourth-order valence-corrected chi connectivity index (χ4v) is 1.08. The zero-order chi connectivity index (χ0) is 8.43. The minimum Gasteiger partial charge on any atom is -0.394 e. The normalized spacial score (nSPS) is 45.8. The molecule has 0 radical (unpaired) electrons. The topological polar surface area (TPSA) is 90.2 Å². The summed E-state index contributed by atoms with van der Waals surface area (Å²) < 4.78 is 4.71. The number of hydrogen-bond donors (Lipinski definition) is 4. The smallest absolute Gasteiger partial charge is 0.157 e. The Balaban J connectivity index is 2.51. The molecule has 1 aliphatic heterocycles. The van der Waals surface area contributed by atoms with Crippen molar-refractivity contribution in [3.63, 3.8) is 0 Å². The summed E-state index contributed by atoms with van der Waals surface area (Å²) >= 11 is 0. The molecule has 66 valence electrons. The first-order valence-electron chi connectivity index (χ1n) is 3.45. The zero-order valence-electron chi connectivity index (χ0n) is 5.92. The van der Waals surface area contributed by atoms with Crippen molar-refractivity contribution in [3.05, 3.63) is 0 Å². The molecule has 1 heterocycles. The lowest BCUT2D eigenvalue weighted by molar-refractivity contribution is -0.239. The van der Waals surface area contributed by atoms with Crippen molar-refractivity contribution in [2.24, 2.45) is 0 Å². The van der Waals surface area contributed by atoms with E-state index in [-0.39, 0.29) is 6.42 Å². The average Bonchev–Trinajstić information content (AvgIpc) is 1.96. The van der Waals surface area contributed by atoms with Crippen molar-refractivity contribution in [2.45, 2.75) is 31.0 Å². The molecule has 0 aromatic carbocycles. The SMILES string of the molecule is OC[C@@H]1O[C@@H](O)C[C@H](O)[C@H]1O. The lowest BCUT2D eigenvalue weighted by atomic mass is 10.0. The molecule has 4 atom stereocenters. The molecule has 5 nitrogen and oxygen atoms in total. The summed E-state index contributed by atoms with van der Waals surface area (Å²) in [7, 11) is 0. The van der Waals surface area contributed by atoms with E-state index < -0.39 is 31.2 Å². The standard InChI is InChI=1S/C6H12O5/c7-2-4-6(10)3(8)1-5(9)11-4/h3-10H,1-2H2/t3-,4-,5+,6+/m0/s1. The Labute approximate surface area is 63.8 Å². The van der Waals surface area contributed by atoms with Crippen molar-refractivity contribution >= 4 is 0 Å². The van der Waals surface area contributed by atoms with E-state index in [0.29, 0.717) is 0 Å². The quantitative estimate of drug-likeness (QED) is 0.353. The van der Waals surface area contributed by atoms with E-state index in [1.165, 1.54) is 0 Å². The van der Waals surface area contributed by atoms with E-state index in [1.807, 2.05) is 0 Å². The van der Waals surface area contributed by atoms with Crippen LogP contribution >= 0.6 is 0 Å². The average molecular weight is 164 g/mol. The van der Waals surface area contributed by atoms with Gasteiger partial charge in [0.25, 0.3) is 0 Å². The maximum atomic E-state index is 9.11. The van der Waals surface area contributed by atoms with Gasteiger partial charge in [0.05, 0.1) is 12.7 Å². The third kappa shape index (κ3) is 1.88. The molecular formula is C6H12O5. The van der Waals surface area contributed by atoms with Gasteiger partial charge >= 0.3 is 0 Å². The zero-order valence-corrected chi connectivity index (χ0v) is 5.92. The van der Waals surface area contributed by atoms with Crippen molar-refractivity contribution in [2.75, 3.05) is 6.61 Å². The number of hydrogen-bond acceptors (Lipinski definition) is 5. The Hall–Kier alpha value is -0.200. The molecular weight excluding hydrogens is 152 g/mol. The lowest BCUT2D eigenvalue weighted by Crippen LogP contribution is -2.49. The molecule has 0 spiro atoms. The first-order valence-corrected chi connectivity index (χ1v) is 3.45. The van der Waals surface area contributed by atoms with E-state index >= 15 is 0 Å². The van der Waals surface area contributed by atoms with Gasteiger partial charge < -0.3 is 25.2 Å². The summed E-state index contributed by atoms with van der Waals surface area (Å²) in [5.41, 5.74) is 0. The molecule has 0 amide bonds. The van der Waals surface area contributed by atoms with Crippen LogP contribution in [-0.2, 0) is 4.74 Å². The minimum atomic E-state index is -1.11. The van der Waals surface area contributed by atoms with Gasteiger partial charge in [-0.05, 0) is 0 Å². The number of aliphatic hydroxyl groups excluding tert-OH is 4. The Kier molecular flexibility index (Phi) is 2.80. The predicted molar refractivity (Wildman–Crippen MR) is 34.6 cm³/mol. The van der Waals surface area contributed by atoms with Crippen LogP contribution < -0.4 is 0 Å². The van der Waals surface area contributed by atoms with Gasteiger partial charge in [-0.2, -0.15) is 0 Å². The number of rotatable bonds is 1. The summed E-state index contributed by atoms with van der Waals surface area (Å²) in [6.07, 6.45) is -4.11. The van der Waals surface area contributed by atoms with E-state index in [9.17, 15) is 0 Å². The first-order chi connectivity index (χ1) is 5.15. The van der Waals surface area contributed by atoms with Crippen LogP contribution in [-0.4, -0.2) is 51.6 Å². The molecule has 0 aromatic rings.